The van der Waals surface area contributed by atoms with Crippen LogP contribution >= 0.6 is 11.6 Å². The van der Waals surface area contributed by atoms with Gasteiger partial charge in [0.15, 0.2) is 0 Å². The summed E-state index contributed by atoms with van der Waals surface area (Å²) < 4.78 is 12.6. The molecule has 0 unspecified atom stereocenters. The lowest BCUT2D eigenvalue weighted by Crippen LogP contribution is -2.38. The number of halogens is 2. The van der Waals surface area contributed by atoms with Crippen molar-refractivity contribution in [2.45, 2.75) is 19.9 Å². The summed E-state index contributed by atoms with van der Waals surface area (Å²) in [5, 5.41) is 0. The highest BCUT2D eigenvalue weighted by Crippen LogP contribution is 2.07. The molecule has 1 amide bonds. The van der Waals surface area contributed by atoms with Crippen molar-refractivity contribution in [3.05, 3.63) is 29.8 Å². The van der Waals surface area contributed by atoms with Crippen LogP contribution in [0.3, 0.4) is 0 Å². The van der Waals surface area contributed by atoms with E-state index in [-0.39, 0.29) is 17.6 Å². The molecule has 3 nitrogen and oxygen atoms in total. The fourth-order valence-corrected chi connectivity index (χ4v) is 1.52. The molecule has 1 heterocycles. The average molecular weight is 245 g/mol. The monoisotopic (exact) mass is 244 g/mol. The minimum Gasteiger partial charge on any atom is -0.334 e. The summed E-state index contributed by atoms with van der Waals surface area (Å²) in [7, 11) is 0. The van der Waals surface area contributed by atoms with Crippen molar-refractivity contribution in [2.75, 3.05) is 12.4 Å². The number of hydrogen-bond donors (Lipinski definition) is 0. The Labute approximate surface area is 99.2 Å². The van der Waals surface area contributed by atoms with E-state index < -0.39 is 5.82 Å². The van der Waals surface area contributed by atoms with E-state index in [2.05, 4.69) is 4.98 Å². The van der Waals surface area contributed by atoms with Gasteiger partial charge in [-0.15, -0.1) is 11.6 Å². The van der Waals surface area contributed by atoms with Crippen LogP contribution in [0.25, 0.3) is 0 Å². The molecule has 0 aromatic carbocycles. The lowest BCUT2D eigenvalue weighted by Gasteiger charge is -2.25. The second-order valence-electron chi connectivity index (χ2n) is 3.64. The van der Waals surface area contributed by atoms with Crippen molar-refractivity contribution in [1.29, 1.82) is 0 Å². The number of alkyl halides is 1. The molecule has 0 fully saturated rings. The molecule has 1 aromatic heterocycles. The van der Waals surface area contributed by atoms with Crippen LogP contribution in [0.1, 0.15) is 24.3 Å². The largest absolute Gasteiger partial charge is 0.334 e. The normalized spacial score (nSPS) is 10.6. The van der Waals surface area contributed by atoms with Gasteiger partial charge in [0.1, 0.15) is 11.5 Å². The van der Waals surface area contributed by atoms with E-state index in [1.54, 1.807) is 4.90 Å². The van der Waals surface area contributed by atoms with Gasteiger partial charge in [0.05, 0.1) is 6.20 Å². The predicted octanol–water partition coefficient (Wildman–Crippen LogP) is 2.31. The predicted molar refractivity (Wildman–Crippen MR) is 61.1 cm³/mol. The highest BCUT2D eigenvalue weighted by Gasteiger charge is 2.18. The van der Waals surface area contributed by atoms with Crippen LogP contribution < -0.4 is 0 Å². The SMILES string of the molecule is CC(C)N(CCCl)C(=O)c1ccc(F)cn1. The van der Waals surface area contributed by atoms with E-state index in [9.17, 15) is 9.18 Å². The van der Waals surface area contributed by atoms with Crippen LogP contribution in [0.15, 0.2) is 18.3 Å². The van der Waals surface area contributed by atoms with Gasteiger partial charge in [-0.2, -0.15) is 0 Å². The van der Waals surface area contributed by atoms with E-state index in [0.29, 0.717) is 12.4 Å². The lowest BCUT2D eigenvalue weighted by atomic mass is 10.2. The van der Waals surface area contributed by atoms with Crippen molar-refractivity contribution >= 4 is 17.5 Å². The van der Waals surface area contributed by atoms with Crippen LogP contribution in [0.4, 0.5) is 4.39 Å². The molecule has 0 radical (unpaired) electrons. The zero-order valence-electron chi connectivity index (χ0n) is 9.28. The number of nitrogens with zero attached hydrogens (tertiary/aromatic N) is 2. The van der Waals surface area contributed by atoms with Gasteiger partial charge in [-0.25, -0.2) is 9.37 Å². The topological polar surface area (TPSA) is 33.2 Å². The summed E-state index contributed by atoms with van der Waals surface area (Å²) in [5.41, 5.74) is 0.236. The van der Waals surface area contributed by atoms with Crippen LogP contribution in [0.2, 0.25) is 0 Å². The standard InChI is InChI=1S/C11H14ClFN2O/c1-8(2)15(6-5-12)11(16)10-4-3-9(13)7-14-10/h3-4,7-8H,5-6H2,1-2H3. The first kappa shape index (κ1) is 12.9. The van der Waals surface area contributed by atoms with E-state index in [1.165, 1.54) is 12.1 Å². The lowest BCUT2D eigenvalue weighted by molar-refractivity contribution is 0.0712. The Hall–Kier alpha value is -1.16. The fourth-order valence-electron chi connectivity index (χ4n) is 1.33. The number of rotatable bonds is 4. The molecule has 0 saturated heterocycles. The van der Waals surface area contributed by atoms with E-state index >= 15 is 0 Å². The second kappa shape index (κ2) is 5.80. The van der Waals surface area contributed by atoms with Gasteiger partial charge in [0.2, 0.25) is 0 Å². The Bertz CT molecular complexity index is 354. The van der Waals surface area contributed by atoms with Gasteiger partial charge >= 0.3 is 0 Å². The molecular formula is C11H14ClFN2O. The maximum Gasteiger partial charge on any atom is 0.272 e. The van der Waals surface area contributed by atoms with E-state index in [1.807, 2.05) is 13.8 Å². The van der Waals surface area contributed by atoms with Crippen molar-refractivity contribution in [3.8, 4) is 0 Å². The third-order valence-electron chi connectivity index (χ3n) is 2.16. The minimum atomic E-state index is -0.454. The zero-order chi connectivity index (χ0) is 12.1. The first-order valence-electron chi connectivity index (χ1n) is 5.04. The number of carbonyl (C=O) groups is 1. The van der Waals surface area contributed by atoms with Crippen LogP contribution in [-0.2, 0) is 0 Å². The van der Waals surface area contributed by atoms with Gasteiger partial charge in [-0.3, -0.25) is 4.79 Å². The van der Waals surface area contributed by atoms with Crippen molar-refractivity contribution in [3.63, 3.8) is 0 Å². The molecule has 0 bridgehead atoms. The molecule has 0 N–H and O–H groups in total. The van der Waals surface area contributed by atoms with Crippen molar-refractivity contribution in [1.82, 2.24) is 9.88 Å². The Morgan fingerprint density at radius 1 is 1.56 bits per heavy atom. The number of carbonyl (C=O) groups excluding carboxylic acids is 1. The third-order valence-corrected chi connectivity index (χ3v) is 2.33. The van der Waals surface area contributed by atoms with Crippen LogP contribution in [0, 0.1) is 5.82 Å². The molecule has 0 aliphatic heterocycles. The molecule has 0 aliphatic carbocycles. The number of pyridine rings is 1. The Morgan fingerprint density at radius 3 is 2.69 bits per heavy atom. The molecular weight excluding hydrogens is 231 g/mol. The maximum absolute atomic E-state index is 12.6. The van der Waals surface area contributed by atoms with Crippen LogP contribution in [0.5, 0.6) is 0 Å². The Balaban J connectivity index is 2.86. The van der Waals surface area contributed by atoms with Gasteiger partial charge in [0, 0.05) is 18.5 Å². The molecule has 0 atom stereocenters. The Morgan fingerprint density at radius 2 is 2.25 bits per heavy atom. The van der Waals surface area contributed by atoms with E-state index in [4.69, 9.17) is 11.6 Å². The number of amides is 1. The first-order chi connectivity index (χ1) is 7.56. The summed E-state index contributed by atoms with van der Waals surface area (Å²) in [6, 6.07) is 2.64. The number of aromatic nitrogens is 1. The summed E-state index contributed by atoms with van der Waals surface area (Å²) in [6.45, 7) is 4.25. The molecule has 16 heavy (non-hydrogen) atoms. The van der Waals surface area contributed by atoms with E-state index in [0.717, 1.165) is 6.20 Å². The third kappa shape index (κ3) is 3.17. The highest BCUT2D eigenvalue weighted by atomic mass is 35.5. The minimum absolute atomic E-state index is 0.0399. The van der Waals surface area contributed by atoms with Gasteiger partial charge < -0.3 is 4.90 Å². The molecule has 1 aromatic rings. The molecule has 0 spiro atoms. The van der Waals surface area contributed by atoms with Crippen LogP contribution in [-0.4, -0.2) is 34.3 Å². The first-order valence-corrected chi connectivity index (χ1v) is 5.58. The van der Waals surface area contributed by atoms with Gasteiger partial charge in [0.25, 0.3) is 5.91 Å². The molecule has 5 heteroatoms. The van der Waals surface area contributed by atoms with Gasteiger partial charge in [-0.05, 0) is 26.0 Å². The zero-order valence-corrected chi connectivity index (χ0v) is 10.0. The summed E-state index contributed by atoms with van der Waals surface area (Å²) in [5.74, 6) is -0.314. The molecule has 0 aliphatic rings. The summed E-state index contributed by atoms with van der Waals surface area (Å²) in [4.78, 5) is 17.3. The summed E-state index contributed by atoms with van der Waals surface area (Å²) >= 11 is 5.62. The maximum atomic E-state index is 12.6. The average Bonchev–Trinajstić information content (AvgIpc) is 2.25. The van der Waals surface area contributed by atoms with Crippen molar-refractivity contribution < 1.29 is 9.18 Å². The summed E-state index contributed by atoms with van der Waals surface area (Å²) in [6.07, 6.45) is 1.03. The smallest absolute Gasteiger partial charge is 0.272 e. The quantitative estimate of drug-likeness (QED) is 0.762. The van der Waals surface area contributed by atoms with Crippen molar-refractivity contribution in [2.24, 2.45) is 0 Å². The fraction of sp³-hybridized carbons (Fsp3) is 0.455. The molecule has 0 saturated carbocycles. The second-order valence-corrected chi connectivity index (χ2v) is 4.02. The molecule has 1 rings (SSSR count). The number of hydrogen-bond acceptors (Lipinski definition) is 2. The molecule has 88 valence electrons. The Kier molecular flexibility index (Phi) is 4.68. The highest BCUT2D eigenvalue weighted by molar-refractivity contribution is 6.18. The van der Waals surface area contributed by atoms with Gasteiger partial charge in [-0.1, -0.05) is 0 Å².